The van der Waals surface area contributed by atoms with E-state index in [1.807, 2.05) is 6.08 Å². The molecule has 1 aliphatic rings. The van der Waals surface area contributed by atoms with Gasteiger partial charge in [-0.05, 0) is 55.0 Å². The van der Waals surface area contributed by atoms with Crippen LogP contribution in [0.15, 0.2) is 77.8 Å². The summed E-state index contributed by atoms with van der Waals surface area (Å²) in [5.41, 5.74) is 2.43. The van der Waals surface area contributed by atoms with Crippen molar-refractivity contribution in [3.05, 3.63) is 98.7 Å². The van der Waals surface area contributed by atoms with Crippen LogP contribution in [0.3, 0.4) is 0 Å². The van der Waals surface area contributed by atoms with Gasteiger partial charge in [-0.25, -0.2) is 4.79 Å². The lowest BCUT2D eigenvalue weighted by atomic mass is 10.1. The molecule has 3 heterocycles. The highest BCUT2D eigenvalue weighted by atomic mass is 32.1. The number of carboxylic acids is 1. The molecule has 0 saturated carbocycles. The smallest absolute Gasteiger partial charge is 0.347 e. The number of thiophene rings is 2. The number of rotatable bonds is 5. The minimum absolute atomic E-state index is 0.312. The van der Waals surface area contributed by atoms with Crippen LogP contribution in [0.4, 0.5) is 0 Å². The second-order valence-electron chi connectivity index (χ2n) is 6.82. The minimum atomic E-state index is -1.26. The standard InChI is InChI=1S/C25H17NO3S2/c1-16-2-4-17(5-3-16)6-8-20-13-23-24(30-20)14-21(31-23)9-7-19-12-18(10-11-29-19)22(15-26)25(27)28/h2-14H,1H3,(H,27,28)/b8-6+,9-7+,22-18-. The van der Waals surface area contributed by atoms with Gasteiger partial charge in [-0.3, -0.25) is 0 Å². The van der Waals surface area contributed by atoms with Crippen LogP contribution < -0.4 is 0 Å². The van der Waals surface area contributed by atoms with Crippen LogP contribution in [0.25, 0.3) is 27.6 Å². The van der Waals surface area contributed by atoms with E-state index in [2.05, 4.69) is 55.5 Å². The summed E-state index contributed by atoms with van der Waals surface area (Å²) in [5, 5.41) is 18.1. The summed E-state index contributed by atoms with van der Waals surface area (Å²) in [6, 6.07) is 14.4. The highest BCUT2D eigenvalue weighted by Crippen LogP contribution is 2.35. The highest BCUT2D eigenvalue weighted by molar-refractivity contribution is 7.28. The van der Waals surface area contributed by atoms with E-state index in [4.69, 9.17) is 15.1 Å². The number of aliphatic carboxylic acids is 1. The Balaban J connectivity index is 1.50. The Hall–Kier alpha value is -3.66. The number of carbonyl (C=O) groups is 1. The maximum Gasteiger partial charge on any atom is 0.347 e. The van der Waals surface area contributed by atoms with E-state index in [1.54, 1.807) is 40.9 Å². The largest absolute Gasteiger partial charge is 0.477 e. The summed E-state index contributed by atoms with van der Waals surface area (Å²) in [6.45, 7) is 2.08. The summed E-state index contributed by atoms with van der Waals surface area (Å²) in [4.78, 5) is 13.4. The first kappa shape index (κ1) is 20.6. The van der Waals surface area contributed by atoms with Crippen molar-refractivity contribution in [1.82, 2.24) is 0 Å². The first-order valence-corrected chi connectivity index (χ1v) is 11.0. The summed E-state index contributed by atoms with van der Waals surface area (Å²) in [5.74, 6) is -0.778. The van der Waals surface area contributed by atoms with Gasteiger partial charge in [0.05, 0.1) is 6.26 Å². The molecule has 0 bridgehead atoms. The van der Waals surface area contributed by atoms with Crippen LogP contribution in [-0.2, 0) is 9.53 Å². The molecule has 2 aromatic heterocycles. The number of hydrogen-bond acceptors (Lipinski definition) is 5. The molecule has 0 amide bonds. The summed E-state index contributed by atoms with van der Waals surface area (Å²) < 4.78 is 7.84. The van der Waals surface area contributed by atoms with Crippen LogP contribution in [0, 0.1) is 18.3 Å². The number of carboxylic acid groups (broad SMARTS) is 1. The quantitative estimate of drug-likeness (QED) is 0.348. The molecule has 1 aromatic carbocycles. The number of ether oxygens (including phenoxy) is 1. The van der Waals surface area contributed by atoms with Gasteiger partial charge in [0.15, 0.2) is 0 Å². The lowest BCUT2D eigenvalue weighted by Gasteiger charge is -2.08. The lowest BCUT2D eigenvalue weighted by molar-refractivity contribution is -0.132. The van der Waals surface area contributed by atoms with Crippen molar-refractivity contribution >= 4 is 56.3 Å². The molecule has 4 nitrogen and oxygen atoms in total. The zero-order valence-electron chi connectivity index (χ0n) is 16.5. The Kier molecular flexibility index (Phi) is 5.99. The van der Waals surface area contributed by atoms with Gasteiger partial charge in [0, 0.05) is 24.7 Å². The van der Waals surface area contributed by atoms with E-state index in [9.17, 15) is 4.79 Å². The van der Waals surface area contributed by atoms with E-state index in [0.29, 0.717) is 11.3 Å². The summed E-state index contributed by atoms with van der Waals surface area (Å²) >= 11 is 3.41. The van der Waals surface area contributed by atoms with Crippen LogP contribution >= 0.6 is 22.7 Å². The number of fused-ring (bicyclic) bond motifs is 1. The van der Waals surface area contributed by atoms with Crippen LogP contribution in [0.1, 0.15) is 20.9 Å². The molecule has 0 fully saturated rings. The zero-order valence-corrected chi connectivity index (χ0v) is 18.2. The summed E-state index contributed by atoms with van der Waals surface area (Å²) in [7, 11) is 0. The molecule has 152 valence electrons. The van der Waals surface area contributed by atoms with Gasteiger partial charge in [-0.15, -0.1) is 22.7 Å². The van der Waals surface area contributed by atoms with Gasteiger partial charge < -0.3 is 9.84 Å². The number of nitriles is 1. The first-order valence-electron chi connectivity index (χ1n) is 9.40. The molecule has 4 rings (SSSR count). The molecule has 6 heteroatoms. The van der Waals surface area contributed by atoms with Gasteiger partial charge in [0.25, 0.3) is 0 Å². The van der Waals surface area contributed by atoms with Gasteiger partial charge in [0.1, 0.15) is 17.4 Å². The van der Waals surface area contributed by atoms with Gasteiger partial charge in [0.2, 0.25) is 0 Å². The molecule has 0 aliphatic carbocycles. The van der Waals surface area contributed by atoms with E-state index in [1.165, 1.54) is 37.7 Å². The third-order valence-electron chi connectivity index (χ3n) is 4.54. The Labute approximate surface area is 187 Å². The number of hydrogen-bond donors (Lipinski definition) is 1. The molecule has 0 unspecified atom stereocenters. The van der Waals surface area contributed by atoms with Gasteiger partial charge in [-0.1, -0.05) is 35.9 Å². The van der Waals surface area contributed by atoms with E-state index >= 15 is 0 Å². The SMILES string of the molecule is Cc1ccc(/C=C/c2cc3sc(/C=C/C4=CC(=C(/C#N)C(=O)O)/C=CO4)cc3s2)cc1. The third-order valence-corrected chi connectivity index (χ3v) is 6.76. The highest BCUT2D eigenvalue weighted by Gasteiger charge is 2.13. The average Bonchev–Trinajstić information content (AvgIpc) is 3.31. The van der Waals surface area contributed by atoms with Gasteiger partial charge >= 0.3 is 5.97 Å². The molecule has 0 spiro atoms. The fraction of sp³-hybridized carbons (Fsp3) is 0.0400. The molecule has 0 saturated heterocycles. The maximum absolute atomic E-state index is 11.1. The Morgan fingerprint density at radius 3 is 2.29 bits per heavy atom. The summed E-state index contributed by atoms with van der Waals surface area (Å²) in [6.07, 6.45) is 12.4. The second-order valence-corrected chi connectivity index (χ2v) is 9.05. The van der Waals surface area contributed by atoms with Crippen LogP contribution in [-0.4, -0.2) is 11.1 Å². The number of benzene rings is 1. The van der Waals surface area contributed by atoms with Crippen molar-refractivity contribution in [2.45, 2.75) is 6.92 Å². The monoisotopic (exact) mass is 443 g/mol. The minimum Gasteiger partial charge on any atom is -0.477 e. The Bertz CT molecular complexity index is 1310. The third kappa shape index (κ3) is 4.92. The predicted molar refractivity (Wildman–Crippen MR) is 127 cm³/mol. The Morgan fingerprint density at radius 1 is 1.03 bits per heavy atom. The Morgan fingerprint density at radius 2 is 1.68 bits per heavy atom. The van der Waals surface area contributed by atoms with E-state index < -0.39 is 5.97 Å². The maximum atomic E-state index is 11.1. The van der Waals surface area contributed by atoms with Crippen molar-refractivity contribution < 1.29 is 14.6 Å². The normalized spacial score (nSPS) is 15.3. The topological polar surface area (TPSA) is 70.3 Å². The molecule has 0 atom stereocenters. The van der Waals surface area contributed by atoms with Gasteiger partial charge in [-0.2, -0.15) is 5.26 Å². The van der Waals surface area contributed by atoms with Crippen LogP contribution in [0.2, 0.25) is 0 Å². The predicted octanol–water partition coefficient (Wildman–Crippen LogP) is 6.79. The van der Waals surface area contributed by atoms with Crippen molar-refractivity contribution in [2.75, 3.05) is 0 Å². The zero-order chi connectivity index (χ0) is 21.8. The first-order chi connectivity index (χ1) is 15.0. The van der Waals surface area contributed by atoms with Crippen molar-refractivity contribution in [3.8, 4) is 6.07 Å². The van der Waals surface area contributed by atoms with Crippen molar-refractivity contribution in [3.63, 3.8) is 0 Å². The molecule has 0 radical (unpaired) electrons. The van der Waals surface area contributed by atoms with Crippen molar-refractivity contribution in [2.24, 2.45) is 0 Å². The molecular formula is C25H17NO3S2. The number of nitrogens with zero attached hydrogens (tertiary/aromatic N) is 1. The molecule has 1 N–H and O–H groups in total. The fourth-order valence-electron chi connectivity index (χ4n) is 2.96. The number of allylic oxidation sites excluding steroid dienone is 4. The van der Waals surface area contributed by atoms with E-state index in [0.717, 1.165) is 4.88 Å². The average molecular weight is 444 g/mol. The second kappa shape index (κ2) is 9.00. The lowest BCUT2D eigenvalue weighted by Crippen LogP contribution is -2.02. The number of aryl methyl sites for hydroxylation is 1. The molecule has 1 aliphatic heterocycles. The molecule has 3 aromatic rings. The molecule has 31 heavy (non-hydrogen) atoms. The van der Waals surface area contributed by atoms with Crippen LogP contribution in [0.5, 0.6) is 0 Å². The van der Waals surface area contributed by atoms with E-state index in [-0.39, 0.29) is 5.57 Å². The fourth-order valence-corrected chi connectivity index (χ4v) is 5.18. The van der Waals surface area contributed by atoms with Crippen molar-refractivity contribution in [1.29, 1.82) is 5.26 Å². The molecular weight excluding hydrogens is 426 g/mol.